The van der Waals surface area contributed by atoms with Crippen LogP contribution >= 0.6 is 0 Å². The number of carboxylic acids is 1. The maximum atomic E-state index is 11.2. The number of nitrogens with one attached hydrogen (secondary N) is 1. The second-order valence-corrected chi connectivity index (χ2v) is 3.60. The van der Waals surface area contributed by atoms with E-state index in [4.69, 9.17) is 5.11 Å². The lowest BCUT2D eigenvalue weighted by molar-refractivity contribution is -0.139. The highest BCUT2D eigenvalue weighted by Crippen LogP contribution is 2.13. The second kappa shape index (κ2) is 5.27. The first-order valence-electron chi connectivity index (χ1n) is 5.17. The average Bonchev–Trinajstić information content (AvgIpc) is 2.83. The molecule has 1 heterocycles. The Hall–Kier alpha value is -2.14. The van der Waals surface area contributed by atoms with Crippen LogP contribution in [0.3, 0.4) is 0 Å². The van der Waals surface area contributed by atoms with Crippen LogP contribution in [0.25, 0.3) is 0 Å². The summed E-state index contributed by atoms with van der Waals surface area (Å²) in [7, 11) is 0. The number of hydrogen-bond acceptors (Lipinski definition) is 4. The zero-order valence-electron chi connectivity index (χ0n) is 9.04. The van der Waals surface area contributed by atoms with Gasteiger partial charge in [-0.25, -0.2) is 0 Å². The van der Waals surface area contributed by atoms with Crippen molar-refractivity contribution in [3.05, 3.63) is 53.9 Å². The Balaban J connectivity index is 2.06. The molecule has 0 fully saturated rings. The molecule has 0 saturated heterocycles. The van der Waals surface area contributed by atoms with E-state index < -0.39 is 12.0 Å². The van der Waals surface area contributed by atoms with Gasteiger partial charge in [-0.1, -0.05) is 35.5 Å². The Morgan fingerprint density at radius 3 is 2.76 bits per heavy atom. The van der Waals surface area contributed by atoms with Crippen LogP contribution < -0.4 is 5.32 Å². The lowest BCUT2D eigenvalue weighted by atomic mass is 10.1. The molecule has 0 bridgehead atoms. The van der Waals surface area contributed by atoms with Gasteiger partial charge in [-0.15, -0.1) is 0 Å². The minimum Gasteiger partial charge on any atom is -0.480 e. The monoisotopic (exact) mass is 232 g/mol. The van der Waals surface area contributed by atoms with Crippen LogP contribution in [0, 0.1) is 0 Å². The first-order chi connectivity index (χ1) is 8.27. The van der Waals surface area contributed by atoms with Crippen LogP contribution in [0.2, 0.25) is 0 Å². The molecule has 0 aliphatic carbocycles. The van der Waals surface area contributed by atoms with Crippen molar-refractivity contribution in [2.45, 2.75) is 12.6 Å². The smallest absolute Gasteiger partial charge is 0.325 e. The SMILES string of the molecule is O=C(O)C(NCc1cnoc1)c1ccccc1. The van der Waals surface area contributed by atoms with E-state index in [1.54, 1.807) is 18.3 Å². The lowest BCUT2D eigenvalue weighted by Crippen LogP contribution is -2.27. The zero-order valence-corrected chi connectivity index (χ0v) is 9.04. The highest BCUT2D eigenvalue weighted by molar-refractivity contribution is 5.75. The second-order valence-electron chi connectivity index (χ2n) is 3.60. The van der Waals surface area contributed by atoms with E-state index in [1.165, 1.54) is 6.26 Å². The molecule has 1 aromatic carbocycles. The number of hydrogen-bond donors (Lipinski definition) is 2. The summed E-state index contributed by atoms with van der Waals surface area (Å²) < 4.78 is 4.68. The number of benzene rings is 1. The van der Waals surface area contributed by atoms with Crippen LogP contribution in [0.4, 0.5) is 0 Å². The largest absolute Gasteiger partial charge is 0.480 e. The summed E-state index contributed by atoms with van der Waals surface area (Å²) in [6, 6.07) is 8.30. The molecule has 2 aromatic rings. The first-order valence-corrected chi connectivity index (χ1v) is 5.17. The van der Waals surface area contributed by atoms with E-state index in [9.17, 15) is 4.79 Å². The molecule has 0 aliphatic heterocycles. The maximum Gasteiger partial charge on any atom is 0.325 e. The van der Waals surface area contributed by atoms with Crippen molar-refractivity contribution in [3.63, 3.8) is 0 Å². The lowest BCUT2D eigenvalue weighted by Gasteiger charge is -2.13. The molecule has 0 spiro atoms. The molecular formula is C12H12N2O3. The maximum absolute atomic E-state index is 11.2. The van der Waals surface area contributed by atoms with Gasteiger partial charge >= 0.3 is 5.97 Å². The van der Waals surface area contributed by atoms with E-state index in [-0.39, 0.29) is 0 Å². The highest BCUT2D eigenvalue weighted by Gasteiger charge is 2.18. The Morgan fingerprint density at radius 1 is 1.41 bits per heavy atom. The molecule has 0 amide bonds. The molecule has 0 aliphatic rings. The standard InChI is InChI=1S/C12H12N2O3/c15-12(16)11(10-4-2-1-3-5-10)13-6-9-7-14-17-8-9/h1-5,7-8,11,13H,6H2,(H,15,16). The van der Waals surface area contributed by atoms with Gasteiger partial charge in [-0.2, -0.15) is 0 Å². The summed E-state index contributed by atoms with van der Waals surface area (Å²) in [6.07, 6.45) is 3.04. The molecule has 1 unspecified atom stereocenters. The Labute approximate surface area is 98.1 Å². The summed E-state index contributed by atoms with van der Waals surface area (Å²) in [6.45, 7) is 0.398. The van der Waals surface area contributed by atoms with Gasteiger partial charge in [0.15, 0.2) is 0 Å². The van der Waals surface area contributed by atoms with Crippen molar-refractivity contribution in [2.75, 3.05) is 0 Å². The van der Waals surface area contributed by atoms with Gasteiger partial charge in [0.25, 0.3) is 0 Å². The van der Waals surface area contributed by atoms with Crippen molar-refractivity contribution in [3.8, 4) is 0 Å². The van der Waals surface area contributed by atoms with Crippen molar-refractivity contribution in [1.29, 1.82) is 0 Å². The molecule has 5 nitrogen and oxygen atoms in total. The van der Waals surface area contributed by atoms with E-state index in [0.717, 1.165) is 11.1 Å². The minimum atomic E-state index is -0.910. The normalized spacial score (nSPS) is 12.2. The fourth-order valence-corrected chi connectivity index (χ4v) is 1.53. The molecule has 0 radical (unpaired) electrons. The van der Waals surface area contributed by atoms with E-state index in [2.05, 4.69) is 15.0 Å². The van der Waals surface area contributed by atoms with Crippen LogP contribution in [-0.4, -0.2) is 16.2 Å². The predicted molar refractivity (Wildman–Crippen MR) is 60.2 cm³/mol. The molecule has 1 atom stereocenters. The summed E-state index contributed by atoms with van der Waals surface area (Å²) in [5.41, 5.74) is 1.53. The number of carbonyl (C=O) groups is 1. The van der Waals surface area contributed by atoms with Crippen molar-refractivity contribution in [1.82, 2.24) is 10.5 Å². The minimum absolute atomic E-state index is 0.398. The molecular weight excluding hydrogens is 220 g/mol. The molecule has 2 rings (SSSR count). The third kappa shape index (κ3) is 2.92. The number of aromatic nitrogens is 1. The summed E-state index contributed by atoms with van der Waals surface area (Å²) in [4.78, 5) is 11.2. The molecule has 5 heteroatoms. The summed E-state index contributed by atoms with van der Waals surface area (Å²) in [5.74, 6) is -0.910. The van der Waals surface area contributed by atoms with Gasteiger partial charge in [0.2, 0.25) is 0 Å². The van der Waals surface area contributed by atoms with Crippen LogP contribution in [0.15, 0.2) is 47.3 Å². The van der Waals surface area contributed by atoms with Gasteiger partial charge < -0.3 is 9.63 Å². The molecule has 1 aromatic heterocycles. The average molecular weight is 232 g/mol. The van der Waals surface area contributed by atoms with Crippen molar-refractivity contribution in [2.24, 2.45) is 0 Å². The summed E-state index contributed by atoms with van der Waals surface area (Å²) >= 11 is 0. The third-order valence-electron chi connectivity index (χ3n) is 2.37. The van der Waals surface area contributed by atoms with Gasteiger partial charge in [0.1, 0.15) is 12.3 Å². The topological polar surface area (TPSA) is 75.4 Å². The van der Waals surface area contributed by atoms with Gasteiger partial charge in [-0.05, 0) is 5.56 Å². The Bertz CT molecular complexity index is 468. The number of aliphatic carboxylic acids is 1. The Kier molecular flexibility index (Phi) is 3.52. The van der Waals surface area contributed by atoms with Gasteiger partial charge in [0, 0.05) is 12.1 Å². The molecule has 17 heavy (non-hydrogen) atoms. The predicted octanol–water partition coefficient (Wildman–Crippen LogP) is 1.59. The van der Waals surface area contributed by atoms with Crippen LogP contribution in [0.5, 0.6) is 0 Å². The van der Waals surface area contributed by atoms with Crippen LogP contribution in [0.1, 0.15) is 17.2 Å². The van der Waals surface area contributed by atoms with Crippen molar-refractivity contribution < 1.29 is 14.4 Å². The quantitative estimate of drug-likeness (QED) is 0.818. The van der Waals surface area contributed by atoms with E-state index in [1.807, 2.05) is 18.2 Å². The van der Waals surface area contributed by atoms with E-state index >= 15 is 0 Å². The molecule has 2 N–H and O–H groups in total. The highest BCUT2D eigenvalue weighted by atomic mass is 16.5. The summed E-state index contributed by atoms with van der Waals surface area (Å²) in [5, 5.41) is 15.6. The fourth-order valence-electron chi connectivity index (χ4n) is 1.53. The molecule has 0 saturated carbocycles. The van der Waals surface area contributed by atoms with E-state index in [0.29, 0.717) is 6.54 Å². The van der Waals surface area contributed by atoms with Crippen molar-refractivity contribution >= 4 is 5.97 Å². The zero-order chi connectivity index (χ0) is 12.1. The van der Waals surface area contributed by atoms with Gasteiger partial charge in [0.05, 0.1) is 6.20 Å². The Morgan fingerprint density at radius 2 is 2.18 bits per heavy atom. The number of nitrogens with zero attached hydrogens (tertiary/aromatic N) is 1. The van der Waals surface area contributed by atoms with Crippen LogP contribution in [-0.2, 0) is 11.3 Å². The third-order valence-corrected chi connectivity index (χ3v) is 2.37. The number of carboxylic acid groups (broad SMARTS) is 1. The molecule has 88 valence electrons. The first kappa shape index (κ1) is 11.3. The van der Waals surface area contributed by atoms with Gasteiger partial charge in [-0.3, -0.25) is 10.1 Å². The fraction of sp³-hybridized carbons (Fsp3) is 0.167. The number of rotatable bonds is 5.